The summed E-state index contributed by atoms with van der Waals surface area (Å²) in [4.78, 5) is 22.6. The highest BCUT2D eigenvalue weighted by atomic mass is 79.9. The van der Waals surface area contributed by atoms with Crippen molar-refractivity contribution in [1.82, 2.24) is 5.43 Å². The van der Waals surface area contributed by atoms with Crippen LogP contribution in [0.1, 0.15) is 15.2 Å². The summed E-state index contributed by atoms with van der Waals surface area (Å²) in [7, 11) is 0. The fourth-order valence-electron chi connectivity index (χ4n) is 1.35. The van der Waals surface area contributed by atoms with Gasteiger partial charge in [-0.1, -0.05) is 0 Å². The van der Waals surface area contributed by atoms with Crippen LogP contribution in [0.5, 0.6) is 0 Å². The lowest BCUT2D eigenvalue weighted by Gasteiger charge is -1.98. The van der Waals surface area contributed by atoms with Crippen molar-refractivity contribution >= 4 is 45.1 Å². The van der Waals surface area contributed by atoms with Crippen LogP contribution in [0, 0.1) is 10.1 Å². The Bertz CT molecular complexity index is 667. The number of nitrogens with zero attached hydrogens (tertiary/aromatic N) is 2. The fourth-order valence-corrected chi connectivity index (χ4v) is 2.65. The third-order valence-corrected chi connectivity index (χ3v) is 3.91. The molecule has 0 aliphatic rings. The molecule has 2 rings (SSSR count). The lowest BCUT2D eigenvalue weighted by atomic mass is 10.2. The smallest absolute Gasteiger partial charge is 0.267 e. The molecule has 0 unspecified atom stereocenters. The topological polar surface area (TPSA) is 84.6 Å². The molecular weight excluding hydrogens is 346 g/mol. The summed E-state index contributed by atoms with van der Waals surface area (Å²) >= 11 is 4.79. The molecule has 0 atom stereocenters. The van der Waals surface area contributed by atoms with Crippen LogP contribution in [0.2, 0.25) is 0 Å². The zero-order valence-corrected chi connectivity index (χ0v) is 12.3. The van der Waals surface area contributed by atoms with Crippen LogP contribution in [-0.2, 0) is 0 Å². The van der Waals surface area contributed by atoms with E-state index in [1.54, 1.807) is 0 Å². The number of hydrazone groups is 1. The second-order valence-electron chi connectivity index (χ2n) is 3.67. The Kier molecular flexibility index (Phi) is 4.59. The Hall–Kier alpha value is -2.06. The van der Waals surface area contributed by atoms with Crippen LogP contribution < -0.4 is 5.43 Å². The molecule has 0 radical (unpaired) electrons. The van der Waals surface area contributed by atoms with Gasteiger partial charge < -0.3 is 0 Å². The first kappa shape index (κ1) is 14.4. The van der Waals surface area contributed by atoms with Gasteiger partial charge in [0.05, 0.1) is 11.1 Å². The number of nitro groups is 1. The van der Waals surface area contributed by atoms with Gasteiger partial charge in [0, 0.05) is 32.4 Å². The molecule has 1 heterocycles. The van der Waals surface area contributed by atoms with Crippen LogP contribution in [0.15, 0.2) is 45.3 Å². The van der Waals surface area contributed by atoms with E-state index < -0.39 is 10.8 Å². The van der Waals surface area contributed by atoms with Crippen molar-refractivity contribution in [2.45, 2.75) is 0 Å². The molecule has 0 saturated carbocycles. The normalized spacial score (nSPS) is 10.7. The van der Waals surface area contributed by atoms with Gasteiger partial charge in [-0.3, -0.25) is 14.9 Å². The van der Waals surface area contributed by atoms with Crippen molar-refractivity contribution in [2.75, 3.05) is 0 Å². The first-order valence-electron chi connectivity index (χ1n) is 5.38. The van der Waals surface area contributed by atoms with Gasteiger partial charge in [0.15, 0.2) is 0 Å². The summed E-state index contributed by atoms with van der Waals surface area (Å²) in [5, 5.41) is 16.2. The van der Waals surface area contributed by atoms with Crippen LogP contribution in [0.4, 0.5) is 5.69 Å². The lowest BCUT2D eigenvalue weighted by Crippen LogP contribution is -2.17. The summed E-state index contributed by atoms with van der Waals surface area (Å²) in [5.41, 5.74) is 2.60. The second kappa shape index (κ2) is 6.40. The number of carbonyl (C=O) groups is 1. The van der Waals surface area contributed by atoms with Crippen LogP contribution in [0.3, 0.4) is 0 Å². The quantitative estimate of drug-likeness (QED) is 0.520. The van der Waals surface area contributed by atoms with Crippen molar-refractivity contribution in [3.8, 4) is 0 Å². The van der Waals surface area contributed by atoms with E-state index in [4.69, 9.17) is 0 Å². The first-order chi connectivity index (χ1) is 9.56. The fraction of sp³-hybridized carbons (Fsp3) is 0. The van der Waals surface area contributed by atoms with Gasteiger partial charge in [-0.2, -0.15) is 5.10 Å². The molecule has 20 heavy (non-hydrogen) atoms. The summed E-state index contributed by atoms with van der Waals surface area (Å²) < 4.78 is 0.950. The molecule has 0 fully saturated rings. The number of hydrogen-bond acceptors (Lipinski definition) is 5. The van der Waals surface area contributed by atoms with Crippen molar-refractivity contribution < 1.29 is 9.72 Å². The highest BCUT2D eigenvalue weighted by Gasteiger charge is 2.08. The average Bonchev–Trinajstić information content (AvgIpc) is 2.84. The standard InChI is InChI=1S/C12H8BrN3O3S/c13-9-5-11(20-7-9)6-14-15-12(17)8-1-3-10(4-2-8)16(18)19/h1-7H,(H,15,17)/b14-6+. The van der Waals surface area contributed by atoms with E-state index in [0.29, 0.717) is 5.56 Å². The molecule has 0 bridgehead atoms. The van der Waals surface area contributed by atoms with Crippen molar-refractivity contribution in [3.63, 3.8) is 0 Å². The van der Waals surface area contributed by atoms with E-state index in [1.807, 2.05) is 11.4 Å². The Morgan fingerprint density at radius 1 is 1.40 bits per heavy atom. The number of nitrogens with one attached hydrogen (secondary N) is 1. The SMILES string of the molecule is O=C(N/N=C/c1cc(Br)cs1)c1ccc([N+](=O)[O-])cc1. The number of rotatable bonds is 4. The molecule has 0 spiro atoms. The second-order valence-corrected chi connectivity index (χ2v) is 5.53. The molecule has 0 saturated heterocycles. The number of non-ortho nitro benzene ring substituents is 1. The highest BCUT2D eigenvalue weighted by Crippen LogP contribution is 2.17. The van der Waals surface area contributed by atoms with Gasteiger partial charge >= 0.3 is 0 Å². The first-order valence-corrected chi connectivity index (χ1v) is 7.05. The van der Waals surface area contributed by atoms with E-state index in [0.717, 1.165) is 9.35 Å². The highest BCUT2D eigenvalue weighted by molar-refractivity contribution is 9.10. The molecule has 1 amide bonds. The van der Waals surface area contributed by atoms with Gasteiger partial charge in [-0.05, 0) is 34.1 Å². The predicted molar refractivity (Wildman–Crippen MR) is 80.2 cm³/mol. The molecule has 1 aromatic heterocycles. The maximum atomic E-state index is 11.7. The van der Waals surface area contributed by atoms with Crippen LogP contribution in [-0.4, -0.2) is 17.0 Å². The minimum atomic E-state index is -0.519. The number of benzene rings is 1. The Morgan fingerprint density at radius 3 is 2.65 bits per heavy atom. The van der Waals surface area contributed by atoms with Gasteiger partial charge in [0.2, 0.25) is 0 Å². The molecule has 0 aliphatic heterocycles. The average molecular weight is 354 g/mol. The van der Waals surface area contributed by atoms with Gasteiger partial charge in [-0.25, -0.2) is 5.43 Å². The number of hydrogen-bond donors (Lipinski definition) is 1. The zero-order chi connectivity index (χ0) is 14.5. The minimum absolute atomic E-state index is 0.0616. The van der Waals surface area contributed by atoms with E-state index in [9.17, 15) is 14.9 Å². The van der Waals surface area contributed by atoms with E-state index >= 15 is 0 Å². The van der Waals surface area contributed by atoms with Crippen molar-refractivity contribution in [3.05, 3.63) is 60.7 Å². The number of nitro benzene ring substituents is 1. The van der Waals surface area contributed by atoms with Crippen LogP contribution >= 0.6 is 27.3 Å². The Balaban J connectivity index is 1.98. The molecular formula is C12H8BrN3O3S. The van der Waals surface area contributed by atoms with Gasteiger partial charge in [0.25, 0.3) is 11.6 Å². The summed E-state index contributed by atoms with van der Waals surface area (Å²) in [6.45, 7) is 0. The predicted octanol–water partition coefficient (Wildman–Crippen LogP) is 3.18. The van der Waals surface area contributed by atoms with Gasteiger partial charge in [-0.15, -0.1) is 11.3 Å². The van der Waals surface area contributed by atoms with Crippen LogP contribution in [0.25, 0.3) is 0 Å². The molecule has 102 valence electrons. The minimum Gasteiger partial charge on any atom is -0.267 e. The van der Waals surface area contributed by atoms with Crippen molar-refractivity contribution in [2.24, 2.45) is 5.10 Å². The Labute approximate surface area is 126 Å². The summed E-state index contributed by atoms with van der Waals surface area (Å²) in [6, 6.07) is 7.17. The molecule has 0 aliphatic carbocycles. The third kappa shape index (κ3) is 3.72. The van der Waals surface area contributed by atoms with Gasteiger partial charge in [0.1, 0.15) is 0 Å². The lowest BCUT2D eigenvalue weighted by molar-refractivity contribution is -0.384. The largest absolute Gasteiger partial charge is 0.271 e. The van der Waals surface area contributed by atoms with Crippen molar-refractivity contribution in [1.29, 1.82) is 0 Å². The molecule has 6 nitrogen and oxygen atoms in total. The molecule has 2 aromatic rings. The summed E-state index contributed by atoms with van der Waals surface area (Å²) in [6.07, 6.45) is 1.53. The summed E-state index contributed by atoms with van der Waals surface area (Å²) in [5.74, 6) is -0.424. The molecule has 1 N–H and O–H groups in total. The maximum Gasteiger partial charge on any atom is 0.271 e. The molecule has 8 heteroatoms. The zero-order valence-electron chi connectivity index (χ0n) is 9.95. The number of halogens is 1. The maximum absolute atomic E-state index is 11.7. The van der Waals surface area contributed by atoms with E-state index in [1.165, 1.54) is 41.8 Å². The third-order valence-electron chi connectivity index (χ3n) is 2.29. The van der Waals surface area contributed by atoms with E-state index in [-0.39, 0.29) is 5.69 Å². The Morgan fingerprint density at radius 2 is 2.10 bits per heavy atom. The molecule has 1 aromatic carbocycles. The monoisotopic (exact) mass is 353 g/mol. The number of thiophene rings is 1. The van der Waals surface area contributed by atoms with E-state index in [2.05, 4.69) is 26.5 Å². The number of amides is 1. The number of carbonyl (C=O) groups excluding carboxylic acids is 1.